The minimum atomic E-state index is -1.12. The zero-order valence-electron chi connectivity index (χ0n) is 6.96. The lowest BCUT2D eigenvalue weighted by molar-refractivity contribution is -0.133. The van der Waals surface area contributed by atoms with Crippen LogP contribution in [-0.2, 0) is 9.63 Å². The lowest BCUT2D eigenvalue weighted by atomic mass is 10.1. The molecule has 0 aliphatic heterocycles. The molecule has 2 amide bonds. The van der Waals surface area contributed by atoms with Gasteiger partial charge in [-0.15, -0.1) is 0 Å². The van der Waals surface area contributed by atoms with Crippen LogP contribution in [0.15, 0.2) is 0 Å². The summed E-state index contributed by atoms with van der Waals surface area (Å²) in [7, 11) is 0. The maximum absolute atomic E-state index is 10.9. The lowest BCUT2D eigenvalue weighted by Gasteiger charge is -2.08. The highest BCUT2D eigenvalue weighted by Gasteiger charge is 2.11. The summed E-state index contributed by atoms with van der Waals surface area (Å²) >= 11 is 0. The van der Waals surface area contributed by atoms with Gasteiger partial charge in [-0.1, -0.05) is 13.8 Å². The Morgan fingerprint density at radius 1 is 1.58 bits per heavy atom. The quantitative estimate of drug-likeness (QED) is 0.413. The van der Waals surface area contributed by atoms with Gasteiger partial charge in [-0.2, -0.15) is 5.48 Å². The molecule has 0 aromatic rings. The Kier molecular flexibility index (Phi) is 4.78. The summed E-state index contributed by atoms with van der Waals surface area (Å²) in [5.41, 5.74) is 3.07. The van der Waals surface area contributed by atoms with Crippen molar-refractivity contribution in [3.05, 3.63) is 0 Å². The second-order valence-electron chi connectivity index (χ2n) is 2.28. The predicted octanol–water partition coefficient (Wildman–Crippen LogP) is 0.179. The van der Waals surface area contributed by atoms with Crippen molar-refractivity contribution in [3.8, 4) is 0 Å². The highest BCUT2D eigenvalue weighted by atomic mass is 16.7. The number of hydrogen-bond donors (Lipinski definition) is 3. The molecule has 3 N–H and O–H groups in total. The fourth-order valence-corrected chi connectivity index (χ4v) is 0.405. The van der Waals surface area contributed by atoms with Crippen molar-refractivity contribution in [2.75, 3.05) is 0 Å². The normalized spacial score (nSPS) is 11.6. The molecule has 0 bridgehead atoms. The molecule has 0 spiro atoms. The van der Waals surface area contributed by atoms with E-state index in [-0.39, 0.29) is 5.92 Å². The van der Waals surface area contributed by atoms with E-state index in [1.807, 2.05) is 12.4 Å². The predicted molar refractivity (Wildman–Crippen MR) is 39.0 cm³/mol. The molecule has 6 nitrogen and oxygen atoms in total. The molecule has 0 unspecified atom stereocenters. The van der Waals surface area contributed by atoms with Crippen LogP contribution in [-0.4, -0.2) is 17.2 Å². The van der Waals surface area contributed by atoms with E-state index >= 15 is 0 Å². The van der Waals surface area contributed by atoms with E-state index in [1.165, 1.54) is 5.48 Å². The molecule has 0 radical (unpaired) electrons. The Labute approximate surface area is 69.8 Å². The van der Waals surface area contributed by atoms with Gasteiger partial charge in [0.05, 0.1) is 0 Å². The van der Waals surface area contributed by atoms with Gasteiger partial charge in [0.2, 0.25) is 0 Å². The molecule has 0 aromatic heterocycles. The molecular formula is C6H12N2O4. The Balaban J connectivity index is 3.64. The van der Waals surface area contributed by atoms with E-state index < -0.39 is 12.0 Å². The first-order valence-electron chi connectivity index (χ1n) is 3.52. The first-order chi connectivity index (χ1) is 5.61. The van der Waals surface area contributed by atoms with E-state index in [4.69, 9.17) is 5.21 Å². The minimum Gasteiger partial charge on any atom is -0.320 e. The molecule has 0 aromatic carbocycles. The first-order valence-corrected chi connectivity index (χ1v) is 3.52. The van der Waals surface area contributed by atoms with Gasteiger partial charge < -0.3 is 4.84 Å². The molecule has 0 rings (SSSR count). The van der Waals surface area contributed by atoms with Crippen LogP contribution in [0.1, 0.15) is 20.3 Å². The Morgan fingerprint density at radius 3 is 2.58 bits per heavy atom. The highest BCUT2D eigenvalue weighted by molar-refractivity contribution is 5.78. The molecule has 0 saturated heterocycles. The summed E-state index contributed by atoms with van der Waals surface area (Å²) in [5.74, 6) is -0.627. The van der Waals surface area contributed by atoms with Crippen LogP contribution in [0.5, 0.6) is 0 Å². The molecule has 70 valence electrons. The standard InChI is InChI=1S/C6H12N2O4/c1-3-4(2)5(9)8-12-6(10)7-11/h4,11H,3H2,1-2H3,(H,7,10)(H,8,9)/t4-/m1/s1. The van der Waals surface area contributed by atoms with Gasteiger partial charge in [0.15, 0.2) is 0 Å². The van der Waals surface area contributed by atoms with Gasteiger partial charge in [-0.05, 0) is 6.42 Å². The van der Waals surface area contributed by atoms with Crippen molar-refractivity contribution in [2.45, 2.75) is 20.3 Å². The zero-order chi connectivity index (χ0) is 9.56. The van der Waals surface area contributed by atoms with Gasteiger partial charge in [-0.25, -0.2) is 10.3 Å². The van der Waals surface area contributed by atoms with Crippen LogP contribution in [0.3, 0.4) is 0 Å². The molecule has 0 aliphatic rings. The van der Waals surface area contributed by atoms with Crippen LogP contribution in [0.4, 0.5) is 4.79 Å². The number of amides is 2. The maximum atomic E-state index is 10.9. The van der Waals surface area contributed by atoms with Crippen LogP contribution in [0.25, 0.3) is 0 Å². The molecule has 0 fully saturated rings. The summed E-state index contributed by atoms with van der Waals surface area (Å²) in [6, 6.07) is 0. The summed E-state index contributed by atoms with van der Waals surface area (Å²) in [6.45, 7) is 3.52. The van der Waals surface area contributed by atoms with E-state index in [1.54, 1.807) is 6.92 Å². The van der Waals surface area contributed by atoms with Crippen molar-refractivity contribution >= 4 is 12.0 Å². The van der Waals surface area contributed by atoms with E-state index in [9.17, 15) is 9.59 Å². The zero-order valence-corrected chi connectivity index (χ0v) is 6.96. The van der Waals surface area contributed by atoms with E-state index in [0.29, 0.717) is 6.42 Å². The molecule has 0 heterocycles. The van der Waals surface area contributed by atoms with Crippen LogP contribution in [0, 0.1) is 5.92 Å². The summed E-state index contributed by atoms with van der Waals surface area (Å²) in [6.07, 6.45) is -0.470. The van der Waals surface area contributed by atoms with Crippen LogP contribution in [0.2, 0.25) is 0 Å². The molecular weight excluding hydrogens is 164 g/mol. The van der Waals surface area contributed by atoms with Crippen LogP contribution >= 0.6 is 0 Å². The molecule has 6 heteroatoms. The first kappa shape index (κ1) is 10.7. The van der Waals surface area contributed by atoms with Gasteiger partial charge in [0.25, 0.3) is 5.91 Å². The number of nitrogens with one attached hydrogen (secondary N) is 2. The third-order valence-corrected chi connectivity index (χ3v) is 1.40. The van der Waals surface area contributed by atoms with Gasteiger partial charge >= 0.3 is 6.09 Å². The maximum Gasteiger partial charge on any atom is 0.455 e. The van der Waals surface area contributed by atoms with Crippen molar-refractivity contribution in [1.29, 1.82) is 0 Å². The number of rotatable bonds is 2. The van der Waals surface area contributed by atoms with Crippen molar-refractivity contribution in [1.82, 2.24) is 11.0 Å². The second-order valence-corrected chi connectivity index (χ2v) is 2.28. The number of hydrogen-bond acceptors (Lipinski definition) is 4. The number of hydroxylamine groups is 2. The number of carbonyl (C=O) groups is 2. The third kappa shape index (κ3) is 3.77. The Hall–Kier alpha value is -1.30. The van der Waals surface area contributed by atoms with Gasteiger partial charge in [0.1, 0.15) is 0 Å². The molecule has 12 heavy (non-hydrogen) atoms. The van der Waals surface area contributed by atoms with Gasteiger partial charge in [-0.3, -0.25) is 10.0 Å². The lowest BCUT2D eigenvalue weighted by Crippen LogP contribution is -2.34. The summed E-state index contributed by atoms with van der Waals surface area (Å²) in [5, 5.41) is 7.97. The Bertz CT molecular complexity index is 171. The van der Waals surface area contributed by atoms with Crippen LogP contribution < -0.4 is 11.0 Å². The summed E-state index contributed by atoms with van der Waals surface area (Å²) in [4.78, 5) is 25.2. The van der Waals surface area contributed by atoms with Gasteiger partial charge in [0, 0.05) is 5.92 Å². The molecule has 0 aliphatic carbocycles. The highest BCUT2D eigenvalue weighted by Crippen LogP contribution is 1.98. The van der Waals surface area contributed by atoms with Crippen molar-refractivity contribution in [3.63, 3.8) is 0 Å². The monoisotopic (exact) mass is 176 g/mol. The fraction of sp³-hybridized carbons (Fsp3) is 0.667. The SMILES string of the molecule is CC[C@@H](C)C(=O)NOC(=O)NO. The average Bonchev–Trinajstić information content (AvgIpc) is 2.11. The third-order valence-electron chi connectivity index (χ3n) is 1.40. The molecule has 0 saturated carbocycles. The van der Waals surface area contributed by atoms with E-state index in [2.05, 4.69) is 4.84 Å². The minimum absolute atomic E-state index is 0.225. The smallest absolute Gasteiger partial charge is 0.320 e. The number of carbonyl (C=O) groups excluding carboxylic acids is 2. The topological polar surface area (TPSA) is 87.7 Å². The van der Waals surface area contributed by atoms with Crippen molar-refractivity contribution in [2.24, 2.45) is 5.92 Å². The second kappa shape index (κ2) is 5.36. The van der Waals surface area contributed by atoms with E-state index in [0.717, 1.165) is 0 Å². The largest absolute Gasteiger partial charge is 0.455 e. The Morgan fingerprint density at radius 2 is 2.17 bits per heavy atom. The summed E-state index contributed by atoms with van der Waals surface area (Å²) < 4.78 is 0. The fourth-order valence-electron chi connectivity index (χ4n) is 0.405. The average molecular weight is 176 g/mol. The van der Waals surface area contributed by atoms with Crippen molar-refractivity contribution < 1.29 is 19.6 Å². The molecule has 1 atom stereocenters.